The average Bonchev–Trinajstić information content (AvgIpc) is 2.88. The van der Waals surface area contributed by atoms with Crippen LogP contribution in [0.4, 0.5) is 10.6 Å². The molecule has 0 unspecified atom stereocenters. The number of hydrogen-bond donors (Lipinski definition) is 3. The summed E-state index contributed by atoms with van der Waals surface area (Å²) >= 11 is 0. The fourth-order valence-corrected chi connectivity index (χ4v) is 2.66. The molecule has 0 saturated carbocycles. The Hall–Kier alpha value is -2.93. The molecule has 0 aliphatic carbocycles. The van der Waals surface area contributed by atoms with Crippen LogP contribution >= 0.6 is 0 Å². The van der Waals surface area contributed by atoms with Crippen LogP contribution in [-0.2, 0) is 4.74 Å². The van der Waals surface area contributed by atoms with Crippen LogP contribution < -0.4 is 11.1 Å². The summed E-state index contributed by atoms with van der Waals surface area (Å²) in [5, 5.41) is 3.42. The van der Waals surface area contributed by atoms with E-state index in [4.69, 9.17) is 15.5 Å². The van der Waals surface area contributed by atoms with E-state index in [1.54, 1.807) is 12.3 Å². The number of H-pyrrole nitrogens is 1. The second-order valence-electron chi connectivity index (χ2n) is 5.49. The topological polar surface area (TPSA) is 106 Å². The Bertz CT molecular complexity index is 885. The van der Waals surface area contributed by atoms with Crippen LogP contribution in [-0.4, -0.2) is 34.2 Å². The number of rotatable bonds is 3. The number of primary amides is 1. The van der Waals surface area contributed by atoms with Crippen molar-refractivity contribution in [2.24, 2.45) is 5.73 Å². The molecule has 0 radical (unpaired) electrons. The summed E-state index contributed by atoms with van der Waals surface area (Å²) in [4.78, 5) is 23.1. The summed E-state index contributed by atoms with van der Waals surface area (Å²) in [6.07, 6.45) is 3.55. The molecule has 0 aromatic carbocycles. The number of anilines is 1. The molecule has 1 aliphatic heterocycles. The van der Waals surface area contributed by atoms with Crippen molar-refractivity contribution in [3.63, 3.8) is 0 Å². The van der Waals surface area contributed by atoms with Crippen molar-refractivity contribution >= 4 is 22.8 Å². The molecule has 7 nitrogen and oxygen atoms in total. The summed E-state index contributed by atoms with van der Waals surface area (Å²) in [6, 6.07) is 7.13. The van der Waals surface area contributed by atoms with E-state index in [2.05, 4.69) is 15.3 Å². The molecule has 3 aromatic heterocycles. The quantitative estimate of drug-likeness (QED) is 0.689. The number of carbonyl (C=O) groups is 1. The number of amides is 2. The van der Waals surface area contributed by atoms with E-state index in [0.717, 1.165) is 41.1 Å². The Kier molecular flexibility index (Phi) is 3.20. The van der Waals surface area contributed by atoms with Crippen LogP contribution in [0.2, 0.25) is 0 Å². The number of fused-ring (bicyclic) bond motifs is 1. The Morgan fingerprint density at radius 2 is 2.26 bits per heavy atom. The van der Waals surface area contributed by atoms with Gasteiger partial charge in [-0.25, -0.2) is 9.78 Å². The zero-order chi connectivity index (χ0) is 15.8. The first-order valence-corrected chi connectivity index (χ1v) is 7.29. The minimum atomic E-state index is -0.640. The summed E-state index contributed by atoms with van der Waals surface area (Å²) in [6.45, 7) is 1.45. The normalized spacial score (nSPS) is 14.6. The summed E-state index contributed by atoms with van der Waals surface area (Å²) in [5.41, 5.74) is 8.88. The van der Waals surface area contributed by atoms with Crippen LogP contribution in [0.25, 0.3) is 22.2 Å². The fraction of sp³-hybridized carbons (Fsp3) is 0.188. The van der Waals surface area contributed by atoms with Gasteiger partial charge in [-0.1, -0.05) is 6.07 Å². The molecule has 1 saturated heterocycles. The van der Waals surface area contributed by atoms with E-state index in [1.165, 1.54) is 0 Å². The lowest BCUT2D eigenvalue weighted by Gasteiger charge is -2.25. The van der Waals surface area contributed by atoms with Crippen molar-refractivity contribution in [2.75, 3.05) is 18.5 Å². The second-order valence-corrected chi connectivity index (χ2v) is 5.49. The lowest BCUT2D eigenvalue weighted by Crippen LogP contribution is -2.25. The predicted octanol–water partition coefficient (Wildman–Crippen LogP) is 2.23. The van der Waals surface area contributed by atoms with Crippen LogP contribution in [0.1, 0.15) is 11.6 Å². The second kappa shape index (κ2) is 5.36. The third-order valence-electron chi connectivity index (χ3n) is 3.92. The third kappa shape index (κ3) is 2.51. The van der Waals surface area contributed by atoms with Gasteiger partial charge in [0.2, 0.25) is 0 Å². The van der Waals surface area contributed by atoms with E-state index in [-0.39, 0.29) is 0 Å². The van der Waals surface area contributed by atoms with Crippen molar-refractivity contribution in [2.45, 2.75) is 5.92 Å². The van der Waals surface area contributed by atoms with Gasteiger partial charge in [-0.3, -0.25) is 10.3 Å². The van der Waals surface area contributed by atoms with Crippen molar-refractivity contribution in [1.82, 2.24) is 15.0 Å². The van der Waals surface area contributed by atoms with E-state index < -0.39 is 6.03 Å². The van der Waals surface area contributed by atoms with E-state index in [0.29, 0.717) is 11.7 Å². The summed E-state index contributed by atoms with van der Waals surface area (Å²) < 4.78 is 5.24. The van der Waals surface area contributed by atoms with Gasteiger partial charge in [-0.15, -0.1) is 0 Å². The van der Waals surface area contributed by atoms with Gasteiger partial charge in [-0.05, 0) is 18.2 Å². The number of nitrogens with two attached hydrogens (primary N) is 1. The zero-order valence-corrected chi connectivity index (χ0v) is 12.2. The monoisotopic (exact) mass is 309 g/mol. The minimum Gasteiger partial charge on any atom is -0.380 e. The highest BCUT2D eigenvalue weighted by molar-refractivity contribution is 5.97. The van der Waals surface area contributed by atoms with E-state index in [9.17, 15) is 4.79 Å². The number of ether oxygens (including phenoxy) is 1. The fourth-order valence-electron chi connectivity index (χ4n) is 2.66. The highest BCUT2D eigenvalue weighted by atomic mass is 16.5. The van der Waals surface area contributed by atoms with Gasteiger partial charge >= 0.3 is 6.03 Å². The Balaban J connectivity index is 1.77. The highest BCUT2D eigenvalue weighted by Crippen LogP contribution is 2.30. The maximum atomic E-state index is 11.0. The molecular formula is C16H15N5O2. The molecule has 0 spiro atoms. The van der Waals surface area contributed by atoms with Crippen molar-refractivity contribution < 1.29 is 9.53 Å². The number of carbonyl (C=O) groups excluding carboxylic acids is 1. The molecule has 4 heterocycles. The van der Waals surface area contributed by atoms with Crippen molar-refractivity contribution in [3.8, 4) is 11.3 Å². The first-order valence-electron chi connectivity index (χ1n) is 7.29. The highest BCUT2D eigenvalue weighted by Gasteiger charge is 2.22. The number of urea groups is 1. The van der Waals surface area contributed by atoms with Crippen LogP contribution in [0.3, 0.4) is 0 Å². The maximum Gasteiger partial charge on any atom is 0.317 e. The van der Waals surface area contributed by atoms with Crippen LogP contribution in [0, 0.1) is 0 Å². The number of aromatic nitrogens is 3. The molecule has 23 heavy (non-hydrogen) atoms. The van der Waals surface area contributed by atoms with Crippen molar-refractivity contribution in [3.05, 3.63) is 42.4 Å². The lowest BCUT2D eigenvalue weighted by molar-refractivity contribution is 0.00676. The maximum absolute atomic E-state index is 11.0. The van der Waals surface area contributed by atoms with Gasteiger partial charge in [-0.2, -0.15) is 0 Å². The predicted molar refractivity (Wildman–Crippen MR) is 86.1 cm³/mol. The van der Waals surface area contributed by atoms with Gasteiger partial charge in [0, 0.05) is 28.8 Å². The summed E-state index contributed by atoms with van der Waals surface area (Å²) in [7, 11) is 0. The molecule has 7 heteroatoms. The van der Waals surface area contributed by atoms with Crippen LogP contribution in [0.15, 0.2) is 36.7 Å². The standard InChI is InChI=1S/C16H15N5O2/c17-16(22)21-15-4-10-11(5-18-14(10)6-19-15)13-3-1-2-12(20-13)9-7-23-8-9/h1-6,9,18H,7-8H2,(H3,17,19,21,22). The Morgan fingerprint density at radius 1 is 1.39 bits per heavy atom. The SMILES string of the molecule is NC(=O)Nc1cc2c(-c3cccc(C4COC4)n3)c[nH]c2cn1. The Morgan fingerprint density at radius 3 is 3.00 bits per heavy atom. The lowest BCUT2D eigenvalue weighted by atomic mass is 10.0. The molecule has 4 N–H and O–H groups in total. The first kappa shape index (κ1) is 13.7. The Labute approximate surface area is 131 Å². The number of nitrogens with zero attached hydrogens (tertiary/aromatic N) is 2. The van der Waals surface area contributed by atoms with Gasteiger partial charge in [0.15, 0.2) is 0 Å². The van der Waals surface area contributed by atoms with Gasteiger partial charge in [0.05, 0.1) is 30.6 Å². The number of nitrogens with one attached hydrogen (secondary N) is 2. The zero-order valence-electron chi connectivity index (χ0n) is 12.2. The molecule has 1 fully saturated rings. The molecule has 0 bridgehead atoms. The van der Waals surface area contributed by atoms with Crippen LogP contribution in [0.5, 0.6) is 0 Å². The molecule has 1 aliphatic rings. The number of pyridine rings is 2. The minimum absolute atomic E-state index is 0.369. The van der Waals surface area contributed by atoms with Crippen molar-refractivity contribution in [1.29, 1.82) is 0 Å². The third-order valence-corrected chi connectivity index (χ3v) is 3.92. The van der Waals surface area contributed by atoms with Gasteiger partial charge < -0.3 is 15.5 Å². The van der Waals surface area contributed by atoms with Gasteiger partial charge in [0.25, 0.3) is 0 Å². The van der Waals surface area contributed by atoms with Gasteiger partial charge in [0.1, 0.15) is 5.82 Å². The first-order chi connectivity index (χ1) is 11.2. The molecule has 4 rings (SSSR count). The van der Waals surface area contributed by atoms with E-state index in [1.807, 2.05) is 24.4 Å². The number of hydrogen-bond acceptors (Lipinski definition) is 4. The average molecular weight is 309 g/mol. The molecule has 2 amide bonds. The molecule has 116 valence electrons. The smallest absolute Gasteiger partial charge is 0.317 e. The largest absolute Gasteiger partial charge is 0.380 e. The molecule has 3 aromatic rings. The summed E-state index contributed by atoms with van der Waals surface area (Å²) in [5.74, 6) is 0.781. The molecule has 0 atom stereocenters. The van der Waals surface area contributed by atoms with E-state index >= 15 is 0 Å². The number of aromatic amines is 1. The molecular weight excluding hydrogens is 294 g/mol.